The molecule has 1 aromatic carbocycles. The SMILES string of the molecule is CCn1c(=O)[nH]c2cc(C(=O)Nc3cccnc3N(C)C)ccc2c1=O. The molecule has 3 aromatic rings. The molecule has 0 saturated heterocycles. The fourth-order valence-corrected chi connectivity index (χ4v) is 2.73. The molecule has 2 heterocycles. The van der Waals surface area contributed by atoms with Crippen LogP contribution in [0.1, 0.15) is 17.3 Å². The minimum absolute atomic E-state index is 0.278. The Morgan fingerprint density at radius 2 is 2.04 bits per heavy atom. The number of benzene rings is 1. The lowest BCUT2D eigenvalue weighted by molar-refractivity contribution is 0.102. The van der Waals surface area contributed by atoms with Gasteiger partial charge in [-0.15, -0.1) is 0 Å². The lowest BCUT2D eigenvalue weighted by Crippen LogP contribution is -2.34. The minimum atomic E-state index is -0.496. The van der Waals surface area contributed by atoms with Crippen molar-refractivity contribution in [2.24, 2.45) is 0 Å². The van der Waals surface area contributed by atoms with Crippen molar-refractivity contribution in [3.05, 3.63) is 62.9 Å². The summed E-state index contributed by atoms with van der Waals surface area (Å²) < 4.78 is 1.11. The van der Waals surface area contributed by atoms with E-state index in [-0.39, 0.29) is 18.0 Å². The standard InChI is InChI=1S/C18H19N5O3/c1-4-23-17(25)12-8-7-11(10-14(12)21-18(23)26)16(24)20-13-6-5-9-19-15(13)22(2)3/h5-10H,4H2,1-3H3,(H,20,24)(H,21,26). The van der Waals surface area contributed by atoms with Crippen LogP contribution in [0.3, 0.4) is 0 Å². The predicted octanol–water partition coefficient (Wildman–Crippen LogP) is 1.42. The number of rotatable bonds is 4. The molecule has 8 nitrogen and oxygen atoms in total. The highest BCUT2D eigenvalue weighted by Crippen LogP contribution is 2.21. The molecule has 0 aliphatic carbocycles. The van der Waals surface area contributed by atoms with Crippen LogP contribution >= 0.6 is 0 Å². The summed E-state index contributed by atoms with van der Waals surface area (Å²) in [6.45, 7) is 2.00. The first-order chi connectivity index (χ1) is 12.4. The number of H-pyrrole nitrogens is 1. The zero-order valence-corrected chi connectivity index (χ0v) is 14.7. The molecule has 0 aliphatic rings. The number of pyridine rings is 1. The van der Waals surface area contributed by atoms with Gasteiger partial charge in [-0.3, -0.25) is 14.2 Å². The molecule has 1 amide bonds. The zero-order chi connectivity index (χ0) is 18.8. The molecule has 0 atom stereocenters. The fourth-order valence-electron chi connectivity index (χ4n) is 2.73. The van der Waals surface area contributed by atoms with Crippen LogP contribution in [0, 0.1) is 0 Å². The molecular formula is C18H19N5O3. The molecule has 3 rings (SSSR count). The Morgan fingerprint density at radius 3 is 2.73 bits per heavy atom. The van der Waals surface area contributed by atoms with Crippen molar-refractivity contribution in [2.75, 3.05) is 24.3 Å². The Bertz CT molecular complexity index is 1100. The molecule has 0 aliphatic heterocycles. The summed E-state index contributed by atoms with van der Waals surface area (Å²) in [6.07, 6.45) is 1.64. The Morgan fingerprint density at radius 1 is 1.27 bits per heavy atom. The van der Waals surface area contributed by atoms with Crippen LogP contribution in [0.5, 0.6) is 0 Å². The van der Waals surface area contributed by atoms with E-state index in [1.165, 1.54) is 6.07 Å². The highest BCUT2D eigenvalue weighted by atomic mass is 16.2. The number of nitrogens with zero attached hydrogens (tertiary/aromatic N) is 3. The van der Waals surface area contributed by atoms with E-state index in [1.807, 2.05) is 14.1 Å². The van der Waals surface area contributed by atoms with Crippen LogP contribution in [0.15, 0.2) is 46.1 Å². The van der Waals surface area contributed by atoms with E-state index in [0.29, 0.717) is 28.0 Å². The first kappa shape index (κ1) is 17.4. The maximum Gasteiger partial charge on any atom is 0.328 e. The molecule has 134 valence electrons. The topological polar surface area (TPSA) is 100 Å². The molecule has 2 aromatic heterocycles. The number of hydrogen-bond acceptors (Lipinski definition) is 5. The molecule has 0 saturated carbocycles. The number of hydrogen-bond donors (Lipinski definition) is 2. The van der Waals surface area contributed by atoms with Crippen LogP contribution in [0.2, 0.25) is 0 Å². The van der Waals surface area contributed by atoms with E-state index in [1.54, 1.807) is 42.3 Å². The third-order valence-corrected chi connectivity index (χ3v) is 4.02. The molecule has 0 spiro atoms. The number of fused-ring (bicyclic) bond motifs is 1. The van der Waals surface area contributed by atoms with Gasteiger partial charge in [-0.25, -0.2) is 9.78 Å². The first-order valence-corrected chi connectivity index (χ1v) is 8.13. The summed E-state index contributed by atoms with van der Waals surface area (Å²) in [4.78, 5) is 45.5. The van der Waals surface area contributed by atoms with Crippen molar-refractivity contribution >= 4 is 28.3 Å². The predicted molar refractivity (Wildman–Crippen MR) is 101 cm³/mol. The van der Waals surface area contributed by atoms with Crippen molar-refractivity contribution in [3.63, 3.8) is 0 Å². The van der Waals surface area contributed by atoms with E-state index in [0.717, 1.165) is 4.57 Å². The van der Waals surface area contributed by atoms with Crippen LogP contribution in [0.4, 0.5) is 11.5 Å². The van der Waals surface area contributed by atoms with Crippen LogP contribution < -0.4 is 21.5 Å². The van der Waals surface area contributed by atoms with E-state index >= 15 is 0 Å². The third-order valence-electron chi connectivity index (χ3n) is 4.02. The van der Waals surface area contributed by atoms with Crippen molar-refractivity contribution in [2.45, 2.75) is 13.5 Å². The van der Waals surface area contributed by atoms with Gasteiger partial charge in [0.2, 0.25) is 0 Å². The fraction of sp³-hybridized carbons (Fsp3) is 0.222. The molecule has 0 radical (unpaired) electrons. The lowest BCUT2D eigenvalue weighted by atomic mass is 10.1. The number of carbonyl (C=O) groups is 1. The maximum atomic E-state index is 12.6. The second-order valence-corrected chi connectivity index (χ2v) is 5.96. The van der Waals surface area contributed by atoms with E-state index < -0.39 is 5.69 Å². The van der Waals surface area contributed by atoms with Gasteiger partial charge >= 0.3 is 5.69 Å². The van der Waals surface area contributed by atoms with Gasteiger partial charge in [0.1, 0.15) is 0 Å². The summed E-state index contributed by atoms with van der Waals surface area (Å²) in [6, 6.07) is 8.09. The van der Waals surface area contributed by atoms with E-state index in [4.69, 9.17) is 0 Å². The van der Waals surface area contributed by atoms with Gasteiger partial charge in [-0.1, -0.05) is 0 Å². The highest BCUT2D eigenvalue weighted by Gasteiger charge is 2.13. The molecule has 0 unspecified atom stereocenters. The summed E-state index contributed by atoms with van der Waals surface area (Å²) in [5, 5.41) is 3.17. The van der Waals surface area contributed by atoms with Crippen LogP contribution in [0.25, 0.3) is 10.9 Å². The van der Waals surface area contributed by atoms with Crippen molar-refractivity contribution in [1.29, 1.82) is 0 Å². The highest BCUT2D eigenvalue weighted by molar-refractivity contribution is 6.07. The van der Waals surface area contributed by atoms with Crippen LogP contribution in [-0.4, -0.2) is 34.5 Å². The Balaban J connectivity index is 2.00. The molecule has 26 heavy (non-hydrogen) atoms. The quantitative estimate of drug-likeness (QED) is 0.739. The summed E-state index contributed by atoms with van der Waals surface area (Å²) in [5.41, 5.74) is 0.356. The number of carbonyl (C=O) groups excluding carboxylic acids is 1. The molecule has 0 bridgehead atoms. The van der Waals surface area contributed by atoms with Crippen LogP contribution in [-0.2, 0) is 6.54 Å². The summed E-state index contributed by atoms with van der Waals surface area (Å²) >= 11 is 0. The maximum absolute atomic E-state index is 12.6. The van der Waals surface area contributed by atoms with Gasteiger partial charge in [0.15, 0.2) is 5.82 Å². The third kappa shape index (κ3) is 3.08. The number of aromatic nitrogens is 3. The first-order valence-electron chi connectivity index (χ1n) is 8.13. The zero-order valence-electron chi connectivity index (χ0n) is 14.7. The van der Waals surface area contributed by atoms with E-state index in [2.05, 4.69) is 15.3 Å². The second kappa shape index (κ2) is 6.83. The Labute approximate surface area is 149 Å². The largest absolute Gasteiger partial charge is 0.361 e. The summed E-state index contributed by atoms with van der Waals surface area (Å²) in [5.74, 6) is 0.268. The molecular weight excluding hydrogens is 334 g/mol. The Hall–Kier alpha value is -3.42. The van der Waals surface area contributed by atoms with Crippen molar-refractivity contribution in [1.82, 2.24) is 14.5 Å². The minimum Gasteiger partial charge on any atom is -0.361 e. The van der Waals surface area contributed by atoms with Crippen molar-refractivity contribution < 1.29 is 4.79 Å². The van der Waals surface area contributed by atoms with Gasteiger partial charge in [0.05, 0.1) is 16.6 Å². The van der Waals surface area contributed by atoms with Gasteiger partial charge in [-0.05, 0) is 37.3 Å². The second-order valence-electron chi connectivity index (χ2n) is 5.96. The van der Waals surface area contributed by atoms with Gasteiger partial charge < -0.3 is 15.2 Å². The Kier molecular flexibility index (Phi) is 4.57. The molecule has 2 N–H and O–H groups in total. The number of anilines is 2. The average molecular weight is 353 g/mol. The smallest absolute Gasteiger partial charge is 0.328 e. The number of nitrogens with one attached hydrogen (secondary N) is 2. The van der Waals surface area contributed by atoms with Gasteiger partial charge in [-0.2, -0.15) is 0 Å². The number of aromatic amines is 1. The normalized spacial score (nSPS) is 10.7. The lowest BCUT2D eigenvalue weighted by Gasteiger charge is -2.16. The average Bonchev–Trinajstić information content (AvgIpc) is 2.61. The summed E-state index contributed by atoms with van der Waals surface area (Å²) in [7, 11) is 3.66. The molecule has 0 fully saturated rings. The van der Waals surface area contributed by atoms with Gasteiger partial charge in [0, 0.05) is 32.4 Å². The van der Waals surface area contributed by atoms with Crippen molar-refractivity contribution in [3.8, 4) is 0 Å². The van der Waals surface area contributed by atoms with E-state index in [9.17, 15) is 14.4 Å². The van der Waals surface area contributed by atoms with Gasteiger partial charge in [0.25, 0.3) is 11.5 Å². The monoisotopic (exact) mass is 353 g/mol. The molecule has 8 heteroatoms. The number of amides is 1.